The summed E-state index contributed by atoms with van der Waals surface area (Å²) in [5, 5.41) is 13.0. The molecule has 0 amide bonds. The van der Waals surface area contributed by atoms with Crippen LogP contribution in [-0.4, -0.2) is 20.2 Å². The highest BCUT2D eigenvalue weighted by molar-refractivity contribution is 6.33. The van der Waals surface area contributed by atoms with Crippen molar-refractivity contribution < 1.29 is 0 Å². The predicted molar refractivity (Wildman–Crippen MR) is 114 cm³/mol. The van der Waals surface area contributed by atoms with Gasteiger partial charge in [-0.15, -0.1) is 0 Å². The lowest BCUT2D eigenvalue weighted by Gasteiger charge is -2.12. The number of nitrogens with two attached hydrogens (primary N) is 1. The Labute approximate surface area is 165 Å². The SMILES string of the molecule is Nc1cccc2nc(-c3ccccc3Cl)nc(Nc3n[nH]c4ccccc34)c12. The van der Waals surface area contributed by atoms with Crippen LogP contribution in [0.2, 0.25) is 5.02 Å². The highest BCUT2D eigenvalue weighted by Gasteiger charge is 2.15. The monoisotopic (exact) mass is 386 g/mol. The molecule has 0 aliphatic carbocycles. The van der Waals surface area contributed by atoms with Crippen molar-refractivity contribution in [1.82, 2.24) is 20.2 Å². The van der Waals surface area contributed by atoms with Crippen LogP contribution in [0.5, 0.6) is 0 Å². The smallest absolute Gasteiger partial charge is 0.163 e. The van der Waals surface area contributed by atoms with E-state index in [1.165, 1.54) is 0 Å². The Balaban J connectivity index is 1.73. The number of para-hydroxylation sites is 1. The molecule has 0 radical (unpaired) electrons. The van der Waals surface area contributed by atoms with Crippen LogP contribution in [0.25, 0.3) is 33.2 Å². The van der Waals surface area contributed by atoms with Gasteiger partial charge >= 0.3 is 0 Å². The number of hydrogen-bond donors (Lipinski definition) is 3. The van der Waals surface area contributed by atoms with Gasteiger partial charge in [0.1, 0.15) is 5.82 Å². The zero-order chi connectivity index (χ0) is 19.1. The van der Waals surface area contributed by atoms with Gasteiger partial charge in [0.25, 0.3) is 0 Å². The normalized spacial score (nSPS) is 11.2. The van der Waals surface area contributed by atoms with Crippen molar-refractivity contribution in [2.24, 2.45) is 0 Å². The molecule has 6 nitrogen and oxygen atoms in total. The largest absolute Gasteiger partial charge is 0.398 e. The molecule has 0 saturated heterocycles. The number of nitrogens with one attached hydrogen (secondary N) is 2. The number of rotatable bonds is 3. The van der Waals surface area contributed by atoms with E-state index < -0.39 is 0 Å². The number of aromatic nitrogens is 4. The minimum Gasteiger partial charge on any atom is -0.398 e. The maximum absolute atomic E-state index is 6.37. The molecule has 2 aromatic heterocycles. The summed E-state index contributed by atoms with van der Waals surface area (Å²) in [7, 11) is 0. The third kappa shape index (κ3) is 2.71. The molecule has 2 heterocycles. The molecule has 0 fully saturated rings. The van der Waals surface area contributed by atoms with E-state index in [4.69, 9.17) is 22.3 Å². The van der Waals surface area contributed by atoms with E-state index in [-0.39, 0.29) is 0 Å². The summed E-state index contributed by atoms with van der Waals surface area (Å²) in [4.78, 5) is 9.41. The zero-order valence-corrected chi connectivity index (χ0v) is 15.4. The first kappa shape index (κ1) is 16.5. The lowest BCUT2D eigenvalue weighted by Crippen LogP contribution is -2.02. The molecule has 0 spiro atoms. The van der Waals surface area contributed by atoms with Gasteiger partial charge in [0.15, 0.2) is 11.6 Å². The summed E-state index contributed by atoms with van der Waals surface area (Å²) >= 11 is 6.37. The first-order valence-electron chi connectivity index (χ1n) is 8.72. The molecule has 0 aliphatic heterocycles. The van der Waals surface area contributed by atoms with Gasteiger partial charge in [-0.05, 0) is 36.4 Å². The first-order valence-corrected chi connectivity index (χ1v) is 9.10. The topological polar surface area (TPSA) is 92.5 Å². The van der Waals surface area contributed by atoms with Crippen LogP contribution >= 0.6 is 11.6 Å². The number of benzene rings is 3. The maximum atomic E-state index is 6.37. The molecule has 5 aromatic rings. The van der Waals surface area contributed by atoms with Crippen LogP contribution in [0, 0.1) is 0 Å². The van der Waals surface area contributed by atoms with E-state index >= 15 is 0 Å². The molecular formula is C21H15ClN6. The number of fused-ring (bicyclic) bond motifs is 2. The van der Waals surface area contributed by atoms with E-state index in [9.17, 15) is 0 Å². The Morgan fingerprint density at radius 1 is 0.857 bits per heavy atom. The number of nitrogen functional groups attached to an aromatic ring is 1. The third-order valence-corrected chi connectivity index (χ3v) is 4.91. The van der Waals surface area contributed by atoms with Gasteiger partial charge in [0.2, 0.25) is 0 Å². The minimum atomic E-state index is 0.519. The molecule has 5 rings (SSSR count). The summed E-state index contributed by atoms with van der Waals surface area (Å²) in [5.41, 5.74) is 9.25. The highest BCUT2D eigenvalue weighted by atomic mass is 35.5. The fourth-order valence-corrected chi connectivity index (χ4v) is 3.45. The summed E-state index contributed by atoms with van der Waals surface area (Å²) in [5.74, 6) is 1.77. The summed E-state index contributed by atoms with van der Waals surface area (Å²) < 4.78 is 0. The van der Waals surface area contributed by atoms with Gasteiger partial charge in [0, 0.05) is 16.6 Å². The number of halogens is 1. The highest BCUT2D eigenvalue weighted by Crippen LogP contribution is 2.34. The lowest BCUT2D eigenvalue weighted by molar-refractivity contribution is 1.11. The predicted octanol–water partition coefficient (Wildman–Crippen LogP) is 5.15. The van der Waals surface area contributed by atoms with Crippen LogP contribution in [0.3, 0.4) is 0 Å². The second-order valence-corrected chi connectivity index (χ2v) is 6.77. The number of anilines is 3. The Morgan fingerprint density at radius 2 is 1.68 bits per heavy atom. The molecule has 3 aromatic carbocycles. The molecule has 0 unspecified atom stereocenters. The van der Waals surface area contributed by atoms with E-state index in [2.05, 4.69) is 20.5 Å². The number of nitrogens with zero attached hydrogens (tertiary/aromatic N) is 3. The number of aromatic amines is 1. The van der Waals surface area contributed by atoms with Crippen molar-refractivity contribution in [3.05, 3.63) is 71.8 Å². The molecule has 0 bridgehead atoms. The van der Waals surface area contributed by atoms with Gasteiger partial charge in [0.05, 0.1) is 21.4 Å². The van der Waals surface area contributed by atoms with Gasteiger partial charge < -0.3 is 11.1 Å². The quantitative estimate of drug-likeness (QED) is 0.373. The standard InChI is InChI=1S/C21H15ClN6/c22-14-8-3-1-6-12(14)19-24-17-11-5-9-15(23)18(17)21(25-19)26-20-13-7-2-4-10-16(13)27-28-20/h1-11H,23H2,(H2,24,25,26,27,28). The van der Waals surface area contributed by atoms with Crippen molar-refractivity contribution in [3.63, 3.8) is 0 Å². The molecule has 0 atom stereocenters. The Hall–Kier alpha value is -3.64. The molecule has 4 N–H and O–H groups in total. The summed E-state index contributed by atoms with van der Waals surface area (Å²) in [6.07, 6.45) is 0. The Kier molecular flexibility index (Phi) is 3.84. The second kappa shape index (κ2) is 6.51. The summed E-state index contributed by atoms with van der Waals surface area (Å²) in [6, 6.07) is 21.0. The van der Waals surface area contributed by atoms with Crippen LogP contribution in [0.1, 0.15) is 0 Å². The van der Waals surface area contributed by atoms with Crippen molar-refractivity contribution in [2.75, 3.05) is 11.1 Å². The second-order valence-electron chi connectivity index (χ2n) is 6.36. The summed E-state index contributed by atoms with van der Waals surface area (Å²) in [6.45, 7) is 0. The van der Waals surface area contributed by atoms with Crippen molar-refractivity contribution in [2.45, 2.75) is 0 Å². The van der Waals surface area contributed by atoms with Gasteiger partial charge in [-0.2, -0.15) is 5.10 Å². The molecule has 7 heteroatoms. The van der Waals surface area contributed by atoms with E-state index in [1.54, 1.807) is 0 Å². The van der Waals surface area contributed by atoms with Gasteiger partial charge in [-0.25, -0.2) is 9.97 Å². The van der Waals surface area contributed by atoms with Gasteiger partial charge in [-0.1, -0.05) is 41.9 Å². The Morgan fingerprint density at radius 3 is 2.57 bits per heavy atom. The van der Waals surface area contributed by atoms with Crippen LogP contribution < -0.4 is 11.1 Å². The van der Waals surface area contributed by atoms with Crippen LogP contribution in [0.15, 0.2) is 66.7 Å². The fraction of sp³-hybridized carbons (Fsp3) is 0. The fourth-order valence-electron chi connectivity index (χ4n) is 3.23. The molecular weight excluding hydrogens is 372 g/mol. The van der Waals surface area contributed by atoms with Crippen molar-refractivity contribution >= 4 is 50.7 Å². The third-order valence-electron chi connectivity index (χ3n) is 4.58. The molecule has 0 aliphatic rings. The van der Waals surface area contributed by atoms with E-state index in [0.29, 0.717) is 28.2 Å². The average Bonchev–Trinajstić information content (AvgIpc) is 3.11. The van der Waals surface area contributed by atoms with Crippen LogP contribution in [0.4, 0.5) is 17.3 Å². The zero-order valence-electron chi connectivity index (χ0n) is 14.6. The molecule has 28 heavy (non-hydrogen) atoms. The van der Waals surface area contributed by atoms with Crippen molar-refractivity contribution in [1.29, 1.82) is 0 Å². The van der Waals surface area contributed by atoms with E-state index in [1.807, 2.05) is 66.7 Å². The van der Waals surface area contributed by atoms with Crippen LogP contribution in [-0.2, 0) is 0 Å². The molecule has 136 valence electrons. The number of hydrogen-bond acceptors (Lipinski definition) is 5. The maximum Gasteiger partial charge on any atom is 0.163 e. The average molecular weight is 387 g/mol. The first-order chi connectivity index (χ1) is 13.7. The Bertz CT molecular complexity index is 1330. The number of H-pyrrole nitrogens is 1. The van der Waals surface area contributed by atoms with Crippen molar-refractivity contribution in [3.8, 4) is 11.4 Å². The molecule has 0 saturated carbocycles. The lowest BCUT2D eigenvalue weighted by atomic mass is 10.1. The minimum absolute atomic E-state index is 0.519. The van der Waals surface area contributed by atoms with Gasteiger partial charge in [-0.3, -0.25) is 5.10 Å². The van der Waals surface area contributed by atoms with E-state index in [0.717, 1.165) is 27.4 Å².